The van der Waals surface area contributed by atoms with Crippen molar-refractivity contribution in [2.45, 2.75) is 200 Å². The average molecular weight is 678 g/mol. The normalized spacial score (nSPS) is 12.3. The molecule has 0 aromatic rings. The summed E-state index contributed by atoms with van der Waals surface area (Å²) in [5, 5.41) is 6.51. The zero-order valence-corrected chi connectivity index (χ0v) is 32.6. The summed E-state index contributed by atoms with van der Waals surface area (Å²) in [6.45, 7) is 11.1. The Balaban J connectivity index is 4.45. The SMILES string of the molecule is CCCCCCCCC(CCCCCCCC)OC(=O)CCCCCCCN(CCCCCCCC)CCCNC(=C/N)/C(=C\N)NC. The lowest BCUT2D eigenvalue weighted by Gasteiger charge is -2.23. The molecular formula is C41H83N5O2. The highest BCUT2D eigenvalue weighted by atomic mass is 16.5. The first-order chi connectivity index (χ1) is 23.6. The molecular weight excluding hydrogens is 594 g/mol. The highest BCUT2D eigenvalue weighted by Crippen LogP contribution is 2.18. The van der Waals surface area contributed by atoms with Crippen LogP contribution in [0.3, 0.4) is 0 Å². The molecule has 0 aliphatic rings. The van der Waals surface area contributed by atoms with Crippen LogP contribution in [0.25, 0.3) is 0 Å². The molecule has 0 fully saturated rings. The Labute approximate surface area is 299 Å². The summed E-state index contributed by atoms with van der Waals surface area (Å²) < 4.78 is 6.05. The van der Waals surface area contributed by atoms with Crippen molar-refractivity contribution < 1.29 is 9.53 Å². The molecule has 7 nitrogen and oxygen atoms in total. The Hall–Kier alpha value is -1.89. The van der Waals surface area contributed by atoms with Gasteiger partial charge < -0.3 is 31.7 Å². The zero-order valence-electron chi connectivity index (χ0n) is 32.6. The molecule has 0 atom stereocenters. The van der Waals surface area contributed by atoms with Gasteiger partial charge in [-0.1, -0.05) is 136 Å². The third kappa shape index (κ3) is 29.1. The van der Waals surface area contributed by atoms with Gasteiger partial charge in [0.05, 0.1) is 11.4 Å². The van der Waals surface area contributed by atoms with Gasteiger partial charge in [-0.2, -0.15) is 0 Å². The first kappa shape index (κ1) is 46.1. The molecule has 0 rings (SSSR count). The number of ether oxygens (including phenoxy) is 1. The summed E-state index contributed by atoms with van der Waals surface area (Å²) >= 11 is 0. The maximum Gasteiger partial charge on any atom is 0.306 e. The van der Waals surface area contributed by atoms with Crippen molar-refractivity contribution in [3.05, 3.63) is 23.8 Å². The second kappa shape index (κ2) is 36.4. The molecule has 0 radical (unpaired) electrons. The zero-order chi connectivity index (χ0) is 35.3. The molecule has 0 saturated heterocycles. The lowest BCUT2D eigenvalue weighted by atomic mass is 10.0. The summed E-state index contributed by atoms with van der Waals surface area (Å²) in [6, 6.07) is 0. The maximum atomic E-state index is 12.8. The van der Waals surface area contributed by atoms with Gasteiger partial charge in [0.15, 0.2) is 0 Å². The van der Waals surface area contributed by atoms with Gasteiger partial charge in [0.1, 0.15) is 6.10 Å². The van der Waals surface area contributed by atoms with Crippen molar-refractivity contribution in [2.75, 3.05) is 33.2 Å². The van der Waals surface area contributed by atoms with Gasteiger partial charge in [-0.3, -0.25) is 4.79 Å². The molecule has 6 N–H and O–H groups in total. The number of likely N-dealkylation sites (N-methyl/N-ethyl adjacent to an activating group) is 1. The van der Waals surface area contributed by atoms with Gasteiger partial charge in [-0.15, -0.1) is 0 Å². The van der Waals surface area contributed by atoms with Crippen LogP contribution < -0.4 is 22.1 Å². The van der Waals surface area contributed by atoms with Gasteiger partial charge in [-0.25, -0.2) is 0 Å². The fourth-order valence-corrected chi connectivity index (χ4v) is 6.48. The summed E-state index contributed by atoms with van der Waals surface area (Å²) in [6.07, 6.45) is 36.2. The number of hydrogen-bond acceptors (Lipinski definition) is 7. The minimum Gasteiger partial charge on any atom is -0.462 e. The molecule has 48 heavy (non-hydrogen) atoms. The summed E-state index contributed by atoms with van der Waals surface area (Å²) in [5.41, 5.74) is 13.2. The fraction of sp³-hybridized carbons (Fsp3) is 0.878. The third-order valence-electron chi connectivity index (χ3n) is 9.60. The summed E-state index contributed by atoms with van der Waals surface area (Å²) in [7, 11) is 1.85. The largest absolute Gasteiger partial charge is 0.462 e. The Morgan fingerprint density at radius 1 is 0.583 bits per heavy atom. The molecule has 0 bridgehead atoms. The van der Waals surface area contributed by atoms with E-state index in [1.807, 2.05) is 7.05 Å². The second-order valence-corrected chi connectivity index (χ2v) is 14.0. The van der Waals surface area contributed by atoms with Gasteiger partial charge >= 0.3 is 5.97 Å². The van der Waals surface area contributed by atoms with Crippen LogP contribution in [0.2, 0.25) is 0 Å². The maximum absolute atomic E-state index is 12.8. The quantitative estimate of drug-likeness (QED) is 0.0295. The average Bonchev–Trinajstić information content (AvgIpc) is 3.09. The predicted molar refractivity (Wildman–Crippen MR) is 210 cm³/mol. The van der Waals surface area contributed by atoms with Crippen LogP contribution in [-0.4, -0.2) is 50.2 Å². The number of rotatable bonds is 37. The van der Waals surface area contributed by atoms with Gasteiger partial charge in [-0.05, 0) is 71.0 Å². The van der Waals surface area contributed by atoms with E-state index in [2.05, 4.69) is 36.3 Å². The molecule has 0 aliphatic carbocycles. The van der Waals surface area contributed by atoms with Crippen LogP contribution in [0.1, 0.15) is 194 Å². The molecule has 0 amide bonds. The van der Waals surface area contributed by atoms with Crippen LogP contribution in [0, 0.1) is 0 Å². The minimum absolute atomic E-state index is 0.0344. The van der Waals surface area contributed by atoms with Crippen molar-refractivity contribution in [3.63, 3.8) is 0 Å². The van der Waals surface area contributed by atoms with Crippen molar-refractivity contribution in [1.29, 1.82) is 0 Å². The molecule has 0 unspecified atom stereocenters. The number of nitrogens with one attached hydrogen (secondary N) is 2. The Morgan fingerprint density at radius 2 is 1.00 bits per heavy atom. The molecule has 0 aromatic carbocycles. The fourth-order valence-electron chi connectivity index (χ4n) is 6.48. The number of carbonyl (C=O) groups is 1. The highest BCUT2D eigenvalue weighted by Gasteiger charge is 2.14. The predicted octanol–water partition coefficient (Wildman–Crippen LogP) is 10.2. The lowest BCUT2D eigenvalue weighted by molar-refractivity contribution is -0.150. The molecule has 0 heterocycles. The van der Waals surface area contributed by atoms with Crippen LogP contribution in [-0.2, 0) is 9.53 Å². The highest BCUT2D eigenvalue weighted by molar-refractivity contribution is 5.69. The van der Waals surface area contributed by atoms with Crippen LogP contribution in [0.15, 0.2) is 23.8 Å². The van der Waals surface area contributed by atoms with E-state index in [0.29, 0.717) is 6.42 Å². The molecule has 0 saturated carbocycles. The Bertz CT molecular complexity index is 741. The van der Waals surface area contributed by atoms with Gasteiger partial charge in [0, 0.05) is 32.4 Å². The van der Waals surface area contributed by atoms with E-state index in [4.69, 9.17) is 16.2 Å². The number of nitrogens with zero attached hydrogens (tertiary/aromatic N) is 1. The topological polar surface area (TPSA) is 106 Å². The van der Waals surface area contributed by atoms with E-state index in [0.717, 1.165) is 63.1 Å². The third-order valence-corrected chi connectivity index (χ3v) is 9.60. The first-order valence-corrected chi connectivity index (χ1v) is 20.7. The Kier molecular flexibility index (Phi) is 35.0. The standard InChI is InChI=1S/C41H83N5O2/c1-5-8-11-14-18-23-29-38(30-24-19-15-12-9-6-2)48-41(47)31-25-20-17-22-27-34-46(33-26-21-16-13-10-7-3)35-28-32-45-40(37-43)39(36-42)44-4/h36-38,44-45H,5-35,42-43H2,1-4H3/b39-36+,40-37+. The number of carbonyl (C=O) groups excluding carboxylic acids is 1. The molecule has 284 valence electrons. The number of unbranched alkanes of at least 4 members (excludes halogenated alkanes) is 19. The molecule has 0 aromatic heterocycles. The van der Waals surface area contributed by atoms with Crippen molar-refractivity contribution in [2.24, 2.45) is 11.5 Å². The lowest BCUT2D eigenvalue weighted by Crippen LogP contribution is -2.30. The Morgan fingerprint density at radius 3 is 1.46 bits per heavy atom. The summed E-state index contributed by atoms with van der Waals surface area (Å²) in [4.78, 5) is 15.4. The van der Waals surface area contributed by atoms with Gasteiger partial charge in [0.25, 0.3) is 0 Å². The smallest absolute Gasteiger partial charge is 0.306 e. The molecule has 0 aliphatic heterocycles. The number of hydrogen-bond donors (Lipinski definition) is 4. The van der Waals surface area contributed by atoms with Crippen LogP contribution >= 0.6 is 0 Å². The van der Waals surface area contributed by atoms with E-state index >= 15 is 0 Å². The van der Waals surface area contributed by atoms with Crippen LogP contribution in [0.5, 0.6) is 0 Å². The van der Waals surface area contributed by atoms with Crippen LogP contribution in [0.4, 0.5) is 0 Å². The molecule has 0 spiro atoms. The van der Waals surface area contributed by atoms with E-state index in [1.54, 1.807) is 12.4 Å². The van der Waals surface area contributed by atoms with Crippen molar-refractivity contribution in [3.8, 4) is 0 Å². The van der Waals surface area contributed by atoms with Crippen molar-refractivity contribution in [1.82, 2.24) is 15.5 Å². The van der Waals surface area contributed by atoms with E-state index in [9.17, 15) is 4.79 Å². The van der Waals surface area contributed by atoms with E-state index in [-0.39, 0.29) is 12.1 Å². The monoisotopic (exact) mass is 678 g/mol. The van der Waals surface area contributed by atoms with Gasteiger partial charge in [0.2, 0.25) is 0 Å². The van der Waals surface area contributed by atoms with E-state index in [1.165, 1.54) is 141 Å². The van der Waals surface area contributed by atoms with E-state index < -0.39 is 0 Å². The molecule has 7 heteroatoms. The summed E-state index contributed by atoms with van der Waals surface area (Å²) in [5.74, 6) is 0.0344. The first-order valence-electron chi connectivity index (χ1n) is 20.7. The second-order valence-electron chi connectivity index (χ2n) is 14.0. The minimum atomic E-state index is 0.0344. The van der Waals surface area contributed by atoms with Crippen molar-refractivity contribution >= 4 is 5.97 Å². The number of nitrogens with two attached hydrogens (primary N) is 2. The number of esters is 1.